The Labute approximate surface area is 169 Å². The molecule has 0 saturated heterocycles. The van der Waals surface area contributed by atoms with Gasteiger partial charge in [0.1, 0.15) is 5.75 Å². The van der Waals surface area contributed by atoms with Crippen molar-refractivity contribution in [2.75, 3.05) is 26.2 Å². The van der Waals surface area contributed by atoms with Crippen molar-refractivity contribution in [3.8, 4) is 5.75 Å². The fourth-order valence-electron chi connectivity index (χ4n) is 2.53. The predicted octanol–water partition coefficient (Wildman–Crippen LogP) is 4.45. The van der Waals surface area contributed by atoms with Gasteiger partial charge < -0.3 is 15.4 Å². The zero-order valence-corrected chi connectivity index (χ0v) is 17.5. The molecule has 0 unspecified atom stereocenters. The van der Waals surface area contributed by atoms with Crippen molar-refractivity contribution >= 4 is 0 Å². The highest BCUT2D eigenvalue weighted by molar-refractivity contribution is 5.28. The third-order valence-corrected chi connectivity index (χ3v) is 4.25. The molecule has 0 heterocycles. The van der Waals surface area contributed by atoms with E-state index in [0.717, 1.165) is 37.4 Å². The maximum absolute atomic E-state index is 10.5. The van der Waals surface area contributed by atoms with Crippen LogP contribution in [0.5, 0.6) is 5.75 Å². The van der Waals surface area contributed by atoms with Gasteiger partial charge in [-0.25, -0.2) is 0 Å². The Morgan fingerprint density at radius 1 is 1.14 bits per heavy atom. The molecule has 0 aliphatic heterocycles. The van der Waals surface area contributed by atoms with Crippen molar-refractivity contribution in [2.45, 2.75) is 53.0 Å². The maximum Gasteiger partial charge on any atom is 0.243 e. The summed E-state index contributed by atoms with van der Waals surface area (Å²) >= 11 is 0. The van der Waals surface area contributed by atoms with E-state index in [4.69, 9.17) is 4.74 Å². The van der Waals surface area contributed by atoms with Crippen LogP contribution in [0, 0.1) is 10.1 Å². The lowest BCUT2D eigenvalue weighted by Gasteiger charge is -2.09. The molecule has 1 aromatic rings. The van der Waals surface area contributed by atoms with Gasteiger partial charge in [0.15, 0.2) is 0 Å². The summed E-state index contributed by atoms with van der Waals surface area (Å²) in [5.74, 6) is 0.907. The molecular weight excluding hydrogens is 354 g/mol. The molecule has 1 rings (SSSR count). The molecule has 0 amide bonds. The highest BCUT2D eigenvalue weighted by Crippen LogP contribution is 2.13. The zero-order chi connectivity index (χ0) is 20.6. The average molecular weight is 390 g/mol. The molecule has 28 heavy (non-hydrogen) atoms. The molecule has 0 aromatic heterocycles. The molecule has 0 spiro atoms. The molecule has 0 saturated carbocycles. The highest BCUT2D eigenvalue weighted by atomic mass is 16.6. The fourth-order valence-corrected chi connectivity index (χ4v) is 2.53. The number of nitrogens with one attached hydrogen (secondary N) is 2. The molecule has 0 fully saturated rings. The fraction of sp³-hybridized carbons (Fsp3) is 0.545. The van der Waals surface area contributed by atoms with E-state index in [9.17, 15) is 10.1 Å². The predicted molar refractivity (Wildman–Crippen MR) is 115 cm³/mol. The largest absolute Gasteiger partial charge is 0.494 e. The first-order chi connectivity index (χ1) is 13.5. The van der Waals surface area contributed by atoms with E-state index in [0.29, 0.717) is 13.2 Å². The van der Waals surface area contributed by atoms with Crippen LogP contribution in [0.25, 0.3) is 0 Å². The van der Waals surface area contributed by atoms with E-state index < -0.39 is 0 Å². The SMILES string of the molecule is CCCCCNCc1cccc(OCCCNC/C(C)=C/C=C(\C)[N+](=O)[O-])c1. The van der Waals surface area contributed by atoms with Crippen LogP contribution in [-0.4, -0.2) is 31.2 Å². The first-order valence-corrected chi connectivity index (χ1v) is 10.1. The van der Waals surface area contributed by atoms with Gasteiger partial charge in [-0.15, -0.1) is 0 Å². The third kappa shape index (κ3) is 11.5. The Morgan fingerprint density at radius 3 is 2.68 bits per heavy atom. The minimum Gasteiger partial charge on any atom is -0.494 e. The lowest BCUT2D eigenvalue weighted by atomic mass is 10.2. The number of nitrogens with zero attached hydrogens (tertiary/aromatic N) is 1. The van der Waals surface area contributed by atoms with Crippen LogP contribution in [0.2, 0.25) is 0 Å². The van der Waals surface area contributed by atoms with Gasteiger partial charge in [0.05, 0.1) is 11.5 Å². The van der Waals surface area contributed by atoms with Gasteiger partial charge in [0.2, 0.25) is 5.70 Å². The maximum atomic E-state index is 10.5. The van der Waals surface area contributed by atoms with E-state index in [-0.39, 0.29) is 10.6 Å². The van der Waals surface area contributed by atoms with Gasteiger partial charge in [0, 0.05) is 26.1 Å². The molecule has 0 radical (unpaired) electrons. The third-order valence-electron chi connectivity index (χ3n) is 4.25. The van der Waals surface area contributed by atoms with Crippen molar-refractivity contribution in [3.05, 3.63) is 63.4 Å². The Balaban J connectivity index is 2.19. The molecule has 1 aromatic carbocycles. The van der Waals surface area contributed by atoms with Gasteiger partial charge in [-0.05, 0) is 50.6 Å². The second-order valence-corrected chi connectivity index (χ2v) is 6.99. The smallest absolute Gasteiger partial charge is 0.243 e. The molecule has 0 aliphatic rings. The summed E-state index contributed by atoms with van der Waals surface area (Å²) in [6, 6.07) is 8.23. The first kappa shape index (κ1) is 23.9. The summed E-state index contributed by atoms with van der Waals surface area (Å²) in [5, 5.41) is 17.3. The Morgan fingerprint density at radius 2 is 1.93 bits per heavy atom. The van der Waals surface area contributed by atoms with E-state index >= 15 is 0 Å². The number of nitro groups is 1. The summed E-state index contributed by atoms with van der Waals surface area (Å²) in [6.45, 7) is 9.79. The Hall–Kier alpha value is -2.18. The van der Waals surface area contributed by atoms with Crippen molar-refractivity contribution in [3.63, 3.8) is 0 Å². The average Bonchev–Trinajstić information content (AvgIpc) is 2.68. The van der Waals surface area contributed by atoms with Crippen LogP contribution >= 0.6 is 0 Å². The molecule has 0 aliphatic carbocycles. The van der Waals surface area contributed by atoms with Crippen LogP contribution in [0.1, 0.15) is 52.0 Å². The van der Waals surface area contributed by atoms with Crippen LogP contribution in [0.4, 0.5) is 0 Å². The molecule has 156 valence electrons. The van der Waals surface area contributed by atoms with E-state index in [1.807, 2.05) is 19.1 Å². The summed E-state index contributed by atoms with van der Waals surface area (Å²) < 4.78 is 5.84. The monoisotopic (exact) mass is 389 g/mol. The number of allylic oxidation sites excluding steroid dienone is 3. The summed E-state index contributed by atoms with van der Waals surface area (Å²) in [5.41, 5.74) is 2.44. The number of unbranched alkanes of at least 4 members (excludes halogenated alkanes) is 2. The van der Waals surface area contributed by atoms with Gasteiger partial charge in [-0.2, -0.15) is 0 Å². The van der Waals surface area contributed by atoms with Gasteiger partial charge in [0.25, 0.3) is 0 Å². The van der Waals surface area contributed by atoms with Crippen molar-refractivity contribution in [1.29, 1.82) is 0 Å². The standard InChI is InChI=1S/C22H35N3O3/c1-4-5-6-13-24-18-21-9-7-10-22(16-21)28-15-8-14-23-17-19(2)11-12-20(3)25(26)27/h7,9-12,16,23-24H,4-6,8,13-15,17-18H2,1-3H3/b19-11+,20-12+. The van der Waals surface area contributed by atoms with Crippen LogP contribution in [-0.2, 0) is 6.54 Å². The number of hydrogen-bond acceptors (Lipinski definition) is 5. The van der Waals surface area contributed by atoms with Crippen LogP contribution < -0.4 is 15.4 Å². The lowest BCUT2D eigenvalue weighted by Crippen LogP contribution is -2.19. The van der Waals surface area contributed by atoms with Gasteiger partial charge >= 0.3 is 0 Å². The summed E-state index contributed by atoms with van der Waals surface area (Å²) in [7, 11) is 0. The van der Waals surface area contributed by atoms with Gasteiger partial charge in [-0.1, -0.05) is 43.5 Å². The van der Waals surface area contributed by atoms with Crippen molar-refractivity contribution < 1.29 is 9.66 Å². The number of rotatable bonds is 15. The molecule has 6 heteroatoms. The van der Waals surface area contributed by atoms with Gasteiger partial charge in [-0.3, -0.25) is 10.1 Å². The molecular formula is C22H35N3O3. The lowest BCUT2D eigenvalue weighted by molar-refractivity contribution is -0.424. The normalized spacial score (nSPS) is 12.2. The second kappa shape index (κ2) is 14.8. The molecule has 2 N–H and O–H groups in total. The van der Waals surface area contributed by atoms with Crippen molar-refractivity contribution in [1.82, 2.24) is 10.6 Å². The van der Waals surface area contributed by atoms with E-state index in [1.165, 1.54) is 37.8 Å². The molecule has 0 atom stereocenters. The van der Waals surface area contributed by atoms with Crippen LogP contribution in [0.3, 0.4) is 0 Å². The summed E-state index contributed by atoms with van der Waals surface area (Å²) in [6.07, 6.45) is 7.95. The molecule has 6 nitrogen and oxygen atoms in total. The Bertz CT molecular complexity index is 642. The Kier molecular flexibility index (Phi) is 12.6. The minimum absolute atomic E-state index is 0.145. The molecule has 0 bridgehead atoms. The number of ether oxygens (including phenoxy) is 1. The zero-order valence-electron chi connectivity index (χ0n) is 17.5. The quantitative estimate of drug-likeness (QED) is 0.201. The summed E-state index contributed by atoms with van der Waals surface area (Å²) in [4.78, 5) is 10.2. The minimum atomic E-state index is -0.383. The first-order valence-electron chi connectivity index (χ1n) is 10.1. The van der Waals surface area contributed by atoms with E-state index in [2.05, 4.69) is 29.7 Å². The van der Waals surface area contributed by atoms with E-state index in [1.54, 1.807) is 6.08 Å². The number of hydrogen-bond donors (Lipinski definition) is 2. The van der Waals surface area contributed by atoms with Crippen LogP contribution in [0.15, 0.2) is 47.7 Å². The topological polar surface area (TPSA) is 76.4 Å². The number of benzene rings is 1. The highest BCUT2D eigenvalue weighted by Gasteiger charge is 2.00. The van der Waals surface area contributed by atoms with Crippen molar-refractivity contribution in [2.24, 2.45) is 0 Å². The second-order valence-electron chi connectivity index (χ2n) is 6.99.